The number of nitrogens with one attached hydrogen (secondary N) is 2. The highest BCUT2D eigenvalue weighted by molar-refractivity contribution is 9.09. The van der Waals surface area contributed by atoms with Crippen molar-refractivity contribution in [3.8, 4) is 0 Å². The topological polar surface area (TPSA) is 67.4 Å². The Balaban J connectivity index is 2.82. The zero-order valence-corrected chi connectivity index (χ0v) is 13.7. The number of ether oxygens (including phenoxy) is 1. The Labute approximate surface area is 124 Å². The number of alkyl halides is 1. The van der Waals surface area contributed by atoms with E-state index in [0.29, 0.717) is 15.9 Å². The zero-order valence-electron chi connectivity index (χ0n) is 11.3. The van der Waals surface area contributed by atoms with E-state index in [1.54, 1.807) is 6.07 Å². The fraction of sp³-hybridized carbons (Fsp3) is 0.500. The van der Waals surface area contributed by atoms with Crippen molar-refractivity contribution in [3.05, 3.63) is 15.8 Å². The molecule has 0 aliphatic rings. The summed E-state index contributed by atoms with van der Waals surface area (Å²) in [6.45, 7) is 5.64. The molecule has 5 nitrogen and oxygen atoms in total. The zero-order chi connectivity index (χ0) is 14.6. The first-order chi connectivity index (χ1) is 8.79. The largest absolute Gasteiger partial charge is 0.465 e. The van der Waals surface area contributed by atoms with Gasteiger partial charge < -0.3 is 15.4 Å². The first-order valence-electron chi connectivity index (χ1n) is 5.63. The Morgan fingerprint density at radius 2 is 2.11 bits per heavy atom. The molecule has 1 heterocycles. The van der Waals surface area contributed by atoms with Gasteiger partial charge in [-0.05, 0) is 26.8 Å². The monoisotopic (exact) mass is 348 g/mol. The van der Waals surface area contributed by atoms with Crippen LogP contribution in [0.3, 0.4) is 0 Å². The van der Waals surface area contributed by atoms with Gasteiger partial charge in [0, 0.05) is 15.7 Å². The summed E-state index contributed by atoms with van der Waals surface area (Å²) in [5.41, 5.74) is 0.0952. The number of urea groups is 1. The van der Waals surface area contributed by atoms with Gasteiger partial charge in [-0.15, -0.1) is 11.3 Å². The summed E-state index contributed by atoms with van der Waals surface area (Å²) in [5.74, 6) is -0.451. The van der Waals surface area contributed by atoms with E-state index in [4.69, 9.17) is 0 Å². The van der Waals surface area contributed by atoms with Crippen LogP contribution in [0.4, 0.5) is 10.5 Å². The van der Waals surface area contributed by atoms with Gasteiger partial charge in [0.1, 0.15) is 4.88 Å². The maximum Gasteiger partial charge on any atom is 0.350 e. The molecule has 0 aromatic carbocycles. The van der Waals surface area contributed by atoms with Crippen LogP contribution < -0.4 is 10.6 Å². The molecule has 0 fully saturated rings. The first-order valence-corrected chi connectivity index (χ1v) is 7.56. The summed E-state index contributed by atoms with van der Waals surface area (Å²) in [4.78, 5) is 24.8. The molecule has 0 bridgehead atoms. The Morgan fingerprint density at radius 1 is 1.47 bits per heavy atom. The van der Waals surface area contributed by atoms with E-state index in [9.17, 15) is 9.59 Å². The Morgan fingerprint density at radius 3 is 2.63 bits per heavy atom. The molecule has 1 aromatic heterocycles. The highest BCUT2D eigenvalue weighted by Gasteiger charge is 2.21. The smallest absolute Gasteiger partial charge is 0.350 e. The van der Waals surface area contributed by atoms with Crippen molar-refractivity contribution in [2.45, 2.75) is 26.3 Å². The van der Waals surface area contributed by atoms with Crippen molar-refractivity contribution >= 4 is 45.0 Å². The molecule has 106 valence electrons. The number of hydrogen-bond donors (Lipinski definition) is 2. The fourth-order valence-electron chi connectivity index (χ4n) is 1.35. The van der Waals surface area contributed by atoms with Gasteiger partial charge in [-0.3, -0.25) is 0 Å². The van der Waals surface area contributed by atoms with E-state index < -0.39 is 5.97 Å². The second-order valence-corrected chi connectivity index (χ2v) is 6.51. The highest BCUT2D eigenvalue weighted by atomic mass is 79.9. The molecule has 2 amide bonds. The van der Waals surface area contributed by atoms with Crippen LogP contribution in [0.2, 0.25) is 0 Å². The normalized spacial score (nSPS) is 11.0. The van der Waals surface area contributed by atoms with Gasteiger partial charge in [-0.25, -0.2) is 9.59 Å². The standard InChI is InChI=1S/C12H17BrN2O3S/c1-7-5-8(9(19-7)10(16)18-4)14-11(17)15-12(2,3)6-13/h5H,6H2,1-4H3,(H2,14,15,17). The number of esters is 1. The second kappa shape index (κ2) is 6.38. The lowest BCUT2D eigenvalue weighted by Crippen LogP contribution is -2.46. The minimum atomic E-state index is -0.451. The van der Waals surface area contributed by atoms with Crippen LogP contribution in [0.1, 0.15) is 28.4 Å². The molecular formula is C12H17BrN2O3S. The number of methoxy groups -OCH3 is 1. The minimum Gasteiger partial charge on any atom is -0.465 e. The SMILES string of the molecule is COC(=O)c1sc(C)cc1NC(=O)NC(C)(C)CBr. The average molecular weight is 349 g/mol. The van der Waals surface area contributed by atoms with Crippen molar-refractivity contribution < 1.29 is 14.3 Å². The van der Waals surface area contributed by atoms with E-state index in [0.717, 1.165) is 4.88 Å². The summed E-state index contributed by atoms with van der Waals surface area (Å²) in [5, 5.41) is 6.10. The lowest BCUT2D eigenvalue weighted by Gasteiger charge is -2.23. The lowest BCUT2D eigenvalue weighted by molar-refractivity contribution is 0.0607. The Kier molecular flexibility index (Phi) is 5.37. The van der Waals surface area contributed by atoms with Crippen molar-refractivity contribution in [3.63, 3.8) is 0 Å². The fourth-order valence-corrected chi connectivity index (χ4v) is 2.37. The van der Waals surface area contributed by atoms with Gasteiger partial charge in [-0.2, -0.15) is 0 Å². The number of anilines is 1. The molecule has 0 saturated carbocycles. The van der Waals surface area contributed by atoms with Crippen LogP contribution in [-0.4, -0.2) is 30.0 Å². The molecule has 2 N–H and O–H groups in total. The predicted molar refractivity (Wildman–Crippen MR) is 80.4 cm³/mol. The average Bonchev–Trinajstić information content (AvgIpc) is 2.68. The van der Waals surface area contributed by atoms with Crippen LogP contribution in [0.15, 0.2) is 6.07 Å². The van der Waals surface area contributed by atoms with Crippen LogP contribution in [-0.2, 0) is 4.74 Å². The highest BCUT2D eigenvalue weighted by Crippen LogP contribution is 2.27. The van der Waals surface area contributed by atoms with Crippen LogP contribution in [0, 0.1) is 6.92 Å². The number of hydrogen-bond acceptors (Lipinski definition) is 4. The molecule has 0 aliphatic carbocycles. The van der Waals surface area contributed by atoms with E-state index >= 15 is 0 Å². The minimum absolute atomic E-state index is 0.354. The summed E-state index contributed by atoms with van der Waals surface area (Å²) in [7, 11) is 1.31. The predicted octanol–water partition coefficient (Wildman–Crippen LogP) is 3.14. The first kappa shape index (κ1) is 16.0. The molecule has 0 saturated heterocycles. The molecule has 19 heavy (non-hydrogen) atoms. The molecule has 0 spiro atoms. The van der Waals surface area contributed by atoms with Gasteiger partial charge in [0.2, 0.25) is 0 Å². The molecule has 7 heteroatoms. The summed E-state index contributed by atoms with van der Waals surface area (Å²) in [6, 6.07) is 1.39. The number of amides is 2. The van der Waals surface area contributed by atoms with Crippen molar-refractivity contribution in [2.75, 3.05) is 17.8 Å². The van der Waals surface area contributed by atoms with E-state index in [1.165, 1.54) is 18.4 Å². The van der Waals surface area contributed by atoms with Gasteiger partial charge >= 0.3 is 12.0 Å². The number of halogens is 1. The van der Waals surface area contributed by atoms with E-state index in [-0.39, 0.29) is 11.6 Å². The molecular weight excluding hydrogens is 332 g/mol. The molecule has 0 radical (unpaired) electrons. The number of rotatable bonds is 4. The van der Waals surface area contributed by atoms with Crippen molar-refractivity contribution in [1.29, 1.82) is 0 Å². The molecule has 1 rings (SSSR count). The quantitative estimate of drug-likeness (QED) is 0.648. The van der Waals surface area contributed by atoms with Crippen LogP contribution in [0.25, 0.3) is 0 Å². The maximum atomic E-state index is 11.9. The number of carbonyl (C=O) groups excluding carboxylic acids is 2. The third-order valence-electron chi connectivity index (χ3n) is 2.26. The number of thiophene rings is 1. The van der Waals surface area contributed by atoms with Crippen molar-refractivity contribution in [2.24, 2.45) is 0 Å². The summed E-state index contributed by atoms with van der Waals surface area (Å²) in [6.07, 6.45) is 0. The third kappa shape index (κ3) is 4.50. The summed E-state index contributed by atoms with van der Waals surface area (Å²) < 4.78 is 4.69. The van der Waals surface area contributed by atoms with Gasteiger partial charge in [0.25, 0.3) is 0 Å². The van der Waals surface area contributed by atoms with Gasteiger partial charge in [0.15, 0.2) is 0 Å². The molecule has 1 aromatic rings. The Bertz CT molecular complexity index is 485. The van der Waals surface area contributed by atoms with Crippen LogP contribution in [0.5, 0.6) is 0 Å². The molecule has 0 unspecified atom stereocenters. The van der Waals surface area contributed by atoms with Gasteiger partial charge in [0.05, 0.1) is 12.8 Å². The van der Waals surface area contributed by atoms with Crippen LogP contribution >= 0.6 is 27.3 Å². The maximum absolute atomic E-state index is 11.9. The van der Waals surface area contributed by atoms with Gasteiger partial charge in [-0.1, -0.05) is 15.9 Å². The summed E-state index contributed by atoms with van der Waals surface area (Å²) >= 11 is 4.61. The lowest BCUT2D eigenvalue weighted by atomic mass is 10.1. The Hall–Kier alpha value is -1.08. The molecule has 0 atom stereocenters. The molecule has 0 aliphatic heterocycles. The number of aryl methyl sites for hydroxylation is 1. The van der Waals surface area contributed by atoms with Crippen molar-refractivity contribution in [1.82, 2.24) is 5.32 Å². The third-order valence-corrected chi connectivity index (χ3v) is 4.69. The van der Waals surface area contributed by atoms with E-state index in [2.05, 4.69) is 31.3 Å². The number of carbonyl (C=O) groups is 2. The van der Waals surface area contributed by atoms with E-state index in [1.807, 2.05) is 20.8 Å². The second-order valence-electron chi connectivity index (χ2n) is 4.69.